The second kappa shape index (κ2) is 9.36. The van der Waals surface area contributed by atoms with Crippen LogP contribution in [0.5, 0.6) is 5.75 Å². The maximum atomic E-state index is 5.39. The maximum absolute atomic E-state index is 5.39. The Kier molecular flexibility index (Phi) is 5.91. The Hall–Kier alpha value is -3.36. The van der Waals surface area contributed by atoms with Crippen LogP contribution in [0.2, 0.25) is 0 Å². The summed E-state index contributed by atoms with van der Waals surface area (Å²) in [5.74, 6) is 1.58. The van der Waals surface area contributed by atoms with Gasteiger partial charge in [-0.1, -0.05) is 0 Å². The Labute approximate surface area is 205 Å². The van der Waals surface area contributed by atoms with Crippen LogP contribution >= 0.6 is 0 Å². The Morgan fingerprint density at radius 1 is 0.943 bits per heavy atom. The Bertz CT molecular complexity index is 1300. The van der Waals surface area contributed by atoms with Crippen LogP contribution in [0.4, 0.5) is 17.2 Å². The number of likely N-dealkylation sites (N-methyl/N-ethyl adjacent to an activating group) is 1. The fourth-order valence-electron chi connectivity index (χ4n) is 5.46. The summed E-state index contributed by atoms with van der Waals surface area (Å²) >= 11 is 0. The van der Waals surface area contributed by atoms with Crippen molar-refractivity contribution in [2.45, 2.75) is 18.9 Å². The van der Waals surface area contributed by atoms with Crippen molar-refractivity contribution >= 4 is 39.0 Å². The van der Waals surface area contributed by atoms with Crippen LogP contribution in [-0.4, -0.2) is 84.4 Å². The Morgan fingerprint density at radius 3 is 2.46 bits per heavy atom. The van der Waals surface area contributed by atoms with Crippen molar-refractivity contribution in [3.8, 4) is 5.75 Å². The first-order chi connectivity index (χ1) is 17.2. The Morgan fingerprint density at radius 2 is 1.71 bits per heavy atom. The van der Waals surface area contributed by atoms with Gasteiger partial charge in [-0.15, -0.1) is 0 Å². The van der Waals surface area contributed by atoms with Gasteiger partial charge in [0.05, 0.1) is 18.8 Å². The van der Waals surface area contributed by atoms with Gasteiger partial charge in [-0.05, 0) is 62.4 Å². The number of nitrogens with zero attached hydrogens (tertiary/aromatic N) is 5. The van der Waals surface area contributed by atoms with Gasteiger partial charge in [-0.3, -0.25) is 10.00 Å². The van der Waals surface area contributed by atoms with Gasteiger partial charge in [0, 0.05) is 67.5 Å². The molecule has 0 saturated carbocycles. The smallest absolute Gasteiger partial charge is 0.157 e. The molecule has 2 N–H and O–H groups in total. The molecule has 35 heavy (non-hydrogen) atoms. The summed E-state index contributed by atoms with van der Waals surface area (Å²) in [5, 5.41) is 12.9. The third-order valence-corrected chi connectivity index (χ3v) is 7.62. The number of nitrogens with one attached hydrogen (secondary N) is 2. The fraction of sp³-hybridized carbons (Fsp3) is 0.407. The van der Waals surface area contributed by atoms with Gasteiger partial charge in [0.1, 0.15) is 11.3 Å². The lowest BCUT2D eigenvalue weighted by atomic mass is 10.0. The molecule has 0 unspecified atom stereocenters. The molecule has 2 saturated heterocycles. The minimum absolute atomic E-state index is 0.733. The summed E-state index contributed by atoms with van der Waals surface area (Å²) < 4.78 is 5.39. The number of anilines is 3. The van der Waals surface area contributed by atoms with E-state index in [1.165, 1.54) is 44.7 Å². The number of rotatable bonds is 5. The average Bonchev–Trinajstić information content (AvgIpc) is 3.41. The van der Waals surface area contributed by atoms with Crippen molar-refractivity contribution in [3.63, 3.8) is 0 Å². The van der Waals surface area contributed by atoms with E-state index in [2.05, 4.69) is 61.5 Å². The third-order valence-electron chi connectivity index (χ3n) is 7.62. The number of aromatic nitrogens is 3. The highest BCUT2D eigenvalue weighted by Gasteiger charge is 2.26. The molecule has 2 fully saturated rings. The van der Waals surface area contributed by atoms with E-state index in [1.807, 2.05) is 24.4 Å². The standard InChI is InChI=1S/C27H33N7O/c1-32-13-15-34(16-14-32)21-9-11-33(12-10-21)20-5-3-19(4-6-20)29-27-26-24(18-28-31-26)23-17-22(35-2)7-8-25(23)30-27/h3-8,17-18,21H,9-16H2,1-2H3,(H,28,31)(H,29,30). The topological polar surface area (TPSA) is 72.6 Å². The number of hydrogen-bond acceptors (Lipinski definition) is 7. The van der Waals surface area contributed by atoms with Crippen molar-refractivity contribution in [1.29, 1.82) is 0 Å². The predicted octanol–water partition coefficient (Wildman–Crippen LogP) is 4.08. The van der Waals surface area contributed by atoms with Gasteiger partial charge in [-0.2, -0.15) is 5.10 Å². The van der Waals surface area contributed by atoms with Crippen molar-refractivity contribution in [3.05, 3.63) is 48.7 Å². The molecule has 8 heteroatoms. The Balaban J connectivity index is 1.15. The van der Waals surface area contributed by atoms with Crippen LogP contribution in [0.15, 0.2) is 48.7 Å². The average molecular weight is 472 g/mol. The largest absolute Gasteiger partial charge is 0.497 e. The number of H-pyrrole nitrogens is 1. The molecule has 0 radical (unpaired) electrons. The second-order valence-corrected chi connectivity index (χ2v) is 9.73. The molecule has 0 amide bonds. The van der Waals surface area contributed by atoms with E-state index in [0.717, 1.165) is 58.2 Å². The first kappa shape index (κ1) is 22.1. The van der Waals surface area contributed by atoms with Crippen LogP contribution in [0.1, 0.15) is 12.8 Å². The van der Waals surface area contributed by atoms with E-state index in [1.54, 1.807) is 7.11 Å². The van der Waals surface area contributed by atoms with Gasteiger partial charge in [-0.25, -0.2) is 4.98 Å². The normalized spacial score (nSPS) is 18.4. The van der Waals surface area contributed by atoms with E-state index < -0.39 is 0 Å². The number of methoxy groups -OCH3 is 1. The minimum Gasteiger partial charge on any atom is -0.497 e. The van der Waals surface area contributed by atoms with E-state index in [4.69, 9.17) is 9.72 Å². The van der Waals surface area contributed by atoms with Crippen LogP contribution in [-0.2, 0) is 0 Å². The molecule has 2 aliphatic rings. The summed E-state index contributed by atoms with van der Waals surface area (Å²) in [5.41, 5.74) is 4.10. The quantitative estimate of drug-likeness (QED) is 0.454. The zero-order valence-electron chi connectivity index (χ0n) is 20.5. The first-order valence-corrected chi connectivity index (χ1v) is 12.5. The zero-order valence-corrected chi connectivity index (χ0v) is 20.5. The van der Waals surface area contributed by atoms with Gasteiger partial charge >= 0.3 is 0 Å². The lowest BCUT2D eigenvalue weighted by molar-refractivity contribution is 0.0982. The van der Waals surface area contributed by atoms with Crippen LogP contribution < -0.4 is 15.0 Å². The van der Waals surface area contributed by atoms with Crippen molar-refractivity contribution < 1.29 is 4.74 Å². The molecule has 4 aromatic rings. The monoisotopic (exact) mass is 471 g/mol. The second-order valence-electron chi connectivity index (χ2n) is 9.73. The predicted molar refractivity (Wildman–Crippen MR) is 142 cm³/mol. The van der Waals surface area contributed by atoms with Crippen LogP contribution in [0.3, 0.4) is 0 Å². The van der Waals surface area contributed by atoms with Gasteiger partial charge in [0.15, 0.2) is 5.82 Å². The molecule has 0 aliphatic carbocycles. The van der Waals surface area contributed by atoms with E-state index in [0.29, 0.717) is 0 Å². The molecule has 182 valence electrons. The highest BCUT2D eigenvalue weighted by Crippen LogP contribution is 2.32. The summed E-state index contributed by atoms with van der Waals surface area (Å²) in [4.78, 5) is 12.5. The minimum atomic E-state index is 0.733. The van der Waals surface area contributed by atoms with Crippen molar-refractivity contribution in [2.24, 2.45) is 0 Å². The van der Waals surface area contributed by atoms with E-state index in [9.17, 15) is 0 Å². The number of piperidine rings is 1. The fourth-order valence-corrected chi connectivity index (χ4v) is 5.46. The lowest BCUT2D eigenvalue weighted by Crippen LogP contribution is -2.52. The number of hydrogen-bond donors (Lipinski definition) is 2. The third kappa shape index (κ3) is 4.39. The van der Waals surface area contributed by atoms with Crippen LogP contribution in [0, 0.1) is 0 Å². The van der Waals surface area contributed by atoms with Crippen LogP contribution in [0.25, 0.3) is 21.8 Å². The zero-order chi connectivity index (χ0) is 23.8. The van der Waals surface area contributed by atoms with E-state index >= 15 is 0 Å². The summed E-state index contributed by atoms with van der Waals surface area (Å²) in [6.45, 7) is 7.05. The number of pyridine rings is 1. The van der Waals surface area contributed by atoms with Gasteiger partial charge in [0.25, 0.3) is 0 Å². The molecule has 0 spiro atoms. The molecule has 2 aromatic heterocycles. The molecule has 4 heterocycles. The van der Waals surface area contributed by atoms with Gasteiger partial charge in [0.2, 0.25) is 0 Å². The highest BCUT2D eigenvalue weighted by atomic mass is 16.5. The van der Waals surface area contributed by atoms with Crippen molar-refractivity contribution in [1.82, 2.24) is 25.0 Å². The molecule has 0 bridgehead atoms. The maximum Gasteiger partial charge on any atom is 0.157 e. The van der Waals surface area contributed by atoms with Crippen molar-refractivity contribution in [2.75, 3.05) is 63.6 Å². The molecular weight excluding hydrogens is 438 g/mol. The number of fused-ring (bicyclic) bond motifs is 3. The number of benzene rings is 2. The molecule has 2 aliphatic heterocycles. The summed E-state index contributed by atoms with van der Waals surface area (Å²) in [6, 6.07) is 15.4. The molecule has 6 rings (SSSR count). The molecule has 0 atom stereocenters. The summed E-state index contributed by atoms with van der Waals surface area (Å²) in [7, 11) is 3.90. The number of aromatic amines is 1. The van der Waals surface area contributed by atoms with Gasteiger partial charge < -0.3 is 19.9 Å². The highest BCUT2D eigenvalue weighted by molar-refractivity contribution is 6.09. The molecule has 2 aromatic carbocycles. The SMILES string of the molecule is COc1ccc2nc(Nc3ccc(N4CCC(N5CCN(C)CC5)CC4)cc3)c3[nH]ncc3c2c1. The summed E-state index contributed by atoms with van der Waals surface area (Å²) in [6.07, 6.45) is 4.33. The van der Waals surface area contributed by atoms with E-state index in [-0.39, 0.29) is 0 Å². The molecule has 8 nitrogen and oxygen atoms in total. The lowest BCUT2D eigenvalue weighted by Gasteiger charge is -2.42. The molecular formula is C27H33N7O. The number of ether oxygens (including phenoxy) is 1. The number of piperazine rings is 1. The first-order valence-electron chi connectivity index (χ1n) is 12.5.